The number of carbonyl (C=O) groups is 1. The molecule has 0 amide bonds. The van der Waals surface area contributed by atoms with Crippen molar-refractivity contribution in [2.24, 2.45) is 0 Å². The Balaban J connectivity index is 2.54. The monoisotopic (exact) mass is 433 g/mol. The van der Waals surface area contributed by atoms with Crippen molar-refractivity contribution in [3.63, 3.8) is 0 Å². The summed E-state index contributed by atoms with van der Waals surface area (Å²) in [5, 5.41) is 19.2. The predicted molar refractivity (Wildman–Crippen MR) is 113 cm³/mol. The van der Waals surface area contributed by atoms with Crippen LogP contribution in [0.15, 0.2) is 12.2 Å². The van der Waals surface area contributed by atoms with E-state index in [1.807, 2.05) is 0 Å². The number of allylic oxidation sites excluding steroid dienone is 2. The Hall–Kier alpha value is -1.29. The molecular formula is C20H37N2O6S+. The summed E-state index contributed by atoms with van der Waals surface area (Å²) in [6, 6.07) is 0. The van der Waals surface area contributed by atoms with E-state index < -0.39 is 22.0 Å². The number of amidine groups is 1. The highest BCUT2D eigenvalue weighted by atomic mass is 32.2. The molecule has 1 heterocycles. The lowest BCUT2D eigenvalue weighted by atomic mass is 10.1. The van der Waals surface area contributed by atoms with E-state index in [-0.39, 0.29) is 18.9 Å². The summed E-state index contributed by atoms with van der Waals surface area (Å²) < 4.78 is 32.5. The lowest BCUT2D eigenvalue weighted by Gasteiger charge is -2.13. The number of nitrogens with zero attached hydrogens (tertiary/aromatic N) is 2. The third-order valence-electron chi connectivity index (χ3n) is 4.84. The molecule has 1 unspecified atom stereocenters. The molecule has 168 valence electrons. The highest BCUT2D eigenvalue weighted by Crippen LogP contribution is 2.11. The number of carbonyl (C=O) groups excluding carboxylic acids is 1. The summed E-state index contributed by atoms with van der Waals surface area (Å²) in [6.45, 7) is 3.33. The first kappa shape index (κ1) is 25.7. The Bertz CT molecular complexity index is 660. The molecule has 1 atom stereocenters. The van der Waals surface area contributed by atoms with Crippen LogP contribution in [-0.4, -0.2) is 88.9 Å². The fourth-order valence-corrected chi connectivity index (χ4v) is 4.08. The second kappa shape index (κ2) is 13.8. The molecule has 8 nitrogen and oxygen atoms in total. The number of β-amino-alcohol motifs (C(OH)–C–C–N with tert-alkyl or cyclic N) is 2. The number of hydrogen-bond acceptors (Lipinski definition) is 6. The summed E-state index contributed by atoms with van der Waals surface area (Å²) in [6.07, 6.45) is 10.8. The molecule has 0 bridgehead atoms. The Morgan fingerprint density at radius 2 is 1.90 bits per heavy atom. The van der Waals surface area contributed by atoms with E-state index in [9.17, 15) is 23.4 Å². The van der Waals surface area contributed by atoms with Crippen molar-refractivity contribution in [3.8, 4) is 0 Å². The molecule has 0 saturated carbocycles. The second-order valence-electron chi connectivity index (χ2n) is 7.52. The molecule has 1 aliphatic heterocycles. The second-order valence-corrected chi connectivity index (χ2v) is 9.02. The zero-order valence-electron chi connectivity index (χ0n) is 17.5. The van der Waals surface area contributed by atoms with Crippen LogP contribution in [0.2, 0.25) is 0 Å². The molecular weight excluding hydrogens is 396 g/mol. The molecule has 0 aromatic heterocycles. The van der Waals surface area contributed by atoms with Gasteiger partial charge in [0.15, 0.2) is 0 Å². The van der Waals surface area contributed by atoms with E-state index in [0.29, 0.717) is 31.9 Å². The van der Waals surface area contributed by atoms with Crippen LogP contribution in [0.25, 0.3) is 0 Å². The van der Waals surface area contributed by atoms with Crippen LogP contribution in [0.4, 0.5) is 0 Å². The zero-order chi connectivity index (χ0) is 21.7. The van der Waals surface area contributed by atoms with Gasteiger partial charge in [-0.25, -0.2) is 0 Å². The van der Waals surface area contributed by atoms with E-state index in [4.69, 9.17) is 4.55 Å². The van der Waals surface area contributed by atoms with Crippen molar-refractivity contribution in [3.05, 3.63) is 12.2 Å². The van der Waals surface area contributed by atoms with Crippen LogP contribution in [0.5, 0.6) is 0 Å². The smallest absolute Gasteiger partial charge is 0.316 e. The quantitative estimate of drug-likeness (QED) is 0.145. The van der Waals surface area contributed by atoms with E-state index in [0.717, 1.165) is 44.9 Å². The van der Waals surface area contributed by atoms with Crippen molar-refractivity contribution in [1.29, 1.82) is 0 Å². The van der Waals surface area contributed by atoms with Gasteiger partial charge < -0.3 is 10.2 Å². The zero-order valence-corrected chi connectivity index (χ0v) is 18.3. The van der Waals surface area contributed by atoms with Gasteiger partial charge in [0.05, 0.1) is 6.61 Å². The number of rotatable bonds is 16. The maximum Gasteiger partial charge on any atom is 0.316 e. The van der Waals surface area contributed by atoms with Crippen molar-refractivity contribution in [2.45, 2.75) is 64.4 Å². The number of ketones is 1. The summed E-state index contributed by atoms with van der Waals surface area (Å²) >= 11 is 0. The molecule has 1 rings (SSSR count). The van der Waals surface area contributed by atoms with Gasteiger partial charge in [-0.15, -0.1) is 0 Å². The molecule has 3 N–H and O–H groups in total. The lowest BCUT2D eigenvalue weighted by Crippen LogP contribution is -2.40. The van der Waals surface area contributed by atoms with Crippen LogP contribution in [0.3, 0.4) is 0 Å². The largest absolute Gasteiger partial charge is 0.392 e. The molecule has 0 saturated heterocycles. The summed E-state index contributed by atoms with van der Waals surface area (Å²) in [5.74, 6) is -0.397. The minimum Gasteiger partial charge on any atom is -0.392 e. The van der Waals surface area contributed by atoms with Gasteiger partial charge in [-0.2, -0.15) is 8.42 Å². The van der Waals surface area contributed by atoms with Crippen LogP contribution < -0.4 is 0 Å². The number of aliphatic hydroxyl groups excluding tert-OH is 2. The topological polar surface area (TPSA) is 118 Å². The third-order valence-corrected chi connectivity index (χ3v) is 5.65. The molecule has 1 aliphatic rings. The van der Waals surface area contributed by atoms with E-state index in [1.54, 1.807) is 9.48 Å². The van der Waals surface area contributed by atoms with Gasteiger partial charge in [0, 0.05) is 6.42 Å². The first-order chi connectivity index (χ1) is 13.8. The van der Waals surface area contributed by atoms with E-state index in [2.05, 4.69) is 19.1 Å². The normalized spacial score (nSPS) is 16.2. The molecule has 0 fully saturated rings. The average molecular weight is 434 g/mol. The third kappa shape index (κ3) is 10.9. The fourth-order valence-electron chi connectivity index (χ4n) is 3.49. The summed E-state index contributed by atoms with van der Waals surface area (Å²) in [7, 11) is -4.29. The Labute approximate surface area is 174 Å². The Kier molecular flexibility index (Phi) is 12.3. The van der Waals surface area contributed by atoms with Gasteiger partial charge >= 0.3 is 5.84 Å². The molecule has 0 aromatic rings. The molecule has 0 aliphatic carbocycles. The lowest BCUT2D eigenvalue weighted by molar-refractivity contribution is -0.525. The van der Waals surface area contributed by atoms with Crippen LogP contribution in [0, 0.1) is 0 Å². The fraction of sp³-hybridized carbons (Fsp3) is 0.800. The molecule has 29 heavy (non-hydrogen) atoms. The number of aliphatic hydroxyl groups is 2. The van der Waals surface area contributed by atoms with Gasteiger partial charge in [-0.05, 0) is 25.7 Å². The van der Waals surface area contributed by atoms with Crippen molar-refractivity contribution >= 4 is 21.7 Å². The van der Waals surface area contributed by atoms with Crippen LogP contribution >= 0.6 is 0 Å². The first-order valence-corrected chi connectivity index (χ1v) is 12.2. The van der Waals surface area contributed by atoms with E-state index in [1.165, 1.54) is 0 Å². The standard InChI is InChI=1S/C20H36N2O6S/c1-2-3-4-5-6-7-8-9-10-11-19(25)20-21(14-15-23)12-13-22(20)16-18(24)17-29(26,27)28/h4-5,18,23-24H,2-3,6-17H2,1H3/p+1/b5-4+. The molecule has 0 aromatic carbocycles. The van der Waals surface area contributed by atoms with Crippen molar-refractivity contribution in [1.82, 2.24) is 4.90 Å². The minimum atomic E-state index is -4.29. The predicted octanol–water partition coefficient (Wildman–Crippen LogP) is 1.22. The number of Topliss-reactive ketones (excluding diaryl/α,β-unsaturated/α-hetero) is 1. The van der Waals surface area contributed by atoms with Gasteiger partial charge in [0.2, 0.25) is 5.78 Å². The van der Waals surface area contributed by atoms with E-state index >= 15 is 0 Å². The molecule has 0 spiro atoms. The van der Waals surface area contributed by atoms with Gasteiger partial charge in [-0.1, -0.05) is 38.3 Å². The SMILES string of the molecule is CCC/C=C/CCCCCCC(=O)C1=[N+](CC(O)CS(=O)(=O)O)CCN1CCO. The van der Waals surface area contributed by atoms with Gasteiger partial charge in [0.1, 0.15) is 38.0 Å². The maximum absolute atomic E-state index is 12.8. The highest BCUT2D eigenvalue weighted by Gasteiger charge is 2.36. The van der Waals surface area contributed by atoms with Crippen molar-refractivity contribution < 1.29 is 32.6 Å². The molecule has 9 heteroatoms. The summed E-state index contributed by atoms with van der Waals surface area (Å²) in [4.78, 5) is 14.5. The Morgan fingerprint density at radius 3 is 2.55 bits per heavy atom. The number of unbranched alkanes of at least 4 members (excludes halogenated alkanes) is 5. The molecule has 0 radical (unpaired) electrons. The highest BCUT2D eigenvalue weighted by molar-refractivity contribution is 7.85. The first-order valence-electron chi connectivity index (χ1n) is 10.6. The van der Waals surface area contributed by atoms with Gasteiger partial charge in [-0.3, -0.25) is 18.8 Å². The van der Waals surface area contributed by atoms with Crippen LogP contribution in [0.1, 0.15) is 58.3 Å². The van der Waals surface area contributed by atoms with Crippen LogP contribution in [-0.2, 0) is 14.9 Å². The van der Waals surface area contributed by atoms with Crippen molar-refractivity contribution in [2.75, 3.05) is 38.5 Å². The van der Waals surface area contributed by atoms with Gasteiger partial charge in [0.25, 0.3) is 10.1 Å². The number of hydrogen-bond donors (Lipinski definition) is 3. The Morgan fingerprint density at radius 1 is 1.21 bits per heavy atom. The average Bonchev–Trinajstić information content (AvgIpc) is 3.01. The minimum absolute atomic E-state index is 0.0487. The summed E-state index contributed by atoms with van der Waals surface area (Å²) in [5.41, 5.74) is 0. The maximum atomic E-state index is 12.8.